The first-order valence-corrected chi connectivity index (χ1v) is 6.62. The number of amides is 1. The van der Waals surface area contributed by atoms with Gasteiger partial charge >= 0.3 is 6.18 Å². The summed E-state index contributed by atoms with van der Waals surface area (Å²) in [5, 5.41) is 13.3. The van der Waals surface area contributed by atoms with E-state index in [0.29, 0.717) is 5.02 Å². The van der Waals surface area contributed by atoms with E-state index in [4.69, 9.17) is 11.6 Å². The Morgan fingerprint density at radius 2 is 1.86 bits per heavy atom. The summed E-state index contributed by atoms with van der Waals surface area (Å²) in [5.74, 6) is -0.816. The number of carbonyl (C=O) groups excluding carboxylic acids is 1. The molecule has 2 aromatic rings. The summed E-state index contributed by atoms with van der Waals surface area (Å²) in [5.41, 5.74) is -2.78. The fraction of sp³-hybridized carbons (Fsp3) is 0.133. The van der Waals surface area contributed by atoms with Gasteiger partial charge in [-0.15, -0.1) is 0 Å². The van der Waals surface area contributed by atoms with Crippen molar-refractivity contribution in [2.45, 2.75) is 11.8 Å². The quantitative estimate of drug-likeness (QED) is 0.841. The average Bonchev–Trinajstić information content (AvgIpc) is 2.70. The maximum absolute atomic E-state index is 12.7. The molecule has 0 aliphatic carbocycles. The number of halogens is 4. The Morgan fingerprint density at radius 1 is 1.14 bits per heavy atom. The zero-order chi connectivity index (χ0) is 16.1. The third-order valence-corrected chi connectivity index (χ3v) is 3.79. The van der Waals surface area contributed by atoms with Crippen molar-refractivity contribution in [1.29, 1.82) is 0 Å². The number of fused-ring (bicyclic) bond motifs is 1. The molecule has 0 saturated carbocycles. The summed E-state index contributed by atoms with van der Waals surface area (Å²) in [6.07, 6.45) is -4.53. The molecule has 0 aromatic heterocycles. The third-order valence-electron chi connectivity index (χ3n) is 3.56. The molecule has 0 bridgehead atoms. The van der Waals surface area contributed by atoms with E-state index in [1.54, 1.807) is 12.1 Å². The molecular formula is C15H9ClF3NO2. The van der Waals surface area contributed by atoms with Crippen LogP contribution in [0.2, 0.25) is 5.02 Å². The van der Waals surface area contributed by atoms with Crippen LogP contribution in [-0.2, 0) is 16.6 Å². The maximum Gasteiger partial charge on any atom is 0.416 e. The highest BCUT2D eigenvalue weighted by Crippen LogP contribution is 2.43. The van der Waals surface area contributed by atoms with Crippen molar-refractivity contribution in [3.63, 3.8) is 0 Å². The smallest absolute Gasteiger partial charge is 0.372 e. The highest BCUT2D eigenvalue weighted by atomic mass is 35.5. The molecule has 0 fully saturated rings. The summed E-state index contributed by atoms with van der Waals surface area (Å²) in [7, 11) is 0. The summed E-state index contributed by atoms with van der Waals surface area (Å²) >= 11 is 5.85. The standard InChI is InChI=1S/C15H9ClF3NO2/c16-10-3-1-2-8(6-10)14(22)11-5-4-9(15(17,18)19)7-12(11)20-13(14)21/h1-7,22H,(H,20,21)/t14-/m0/s1. The van der Waals surface area contributed by atoms with Gasteiger partial charge in [0.1, 0.15) is 0 Å². The Hall–Kier alpha value is -2.05. The van der Waals surface area contributed by atoms with Crippen LogP contribution < -0.4 is 5.32 Å². The molecular weight excluding hydrogens is 319 g/mol. The molecule has 3 rings (SSSR count). The predicted octanol–water partition coefficient (Wildman–Crippen LogP) is 3.55. The van der Waals surface area contributed by atoms with Crippen LogP contribution in [0, 0.1) is 0 Å². The van der Waals surface area contributed by atoms with E-state index in [-0.39, 0.29) is 16.8 Å². The molecule has 1 heterocycles. The van der Waals surface area contributed by atoms with Gasteiger partial charge in [-0.05, 0) is 29.8 Å². The van der Waals surface area contributed by atoms with Crippen molar-refractivity contribution in [3.8, 4) is 0 Å². The average molecular weight is 328 g/mol. The Balaban J connectivity index is 2.16. The topological polar surface area (TPSA) is 49.3 Å². The lowest BCUT2D eigenvalue weighted by atomic mass is 9.87. The van der Waals surface area contributed by atoms with Crippen LogP contribution in [0.3, 0.4) is 0 Å². The van der Waals surface area contributed by atoms with E-state index in [0.717, 1.165) is 18.2 Å². The van der Waals surface area contributed by atoms with Gasteiger partial charge < -0.3 is 10.4 Å². The van der Waals surface area contributed by atoms with E-state index in [1.807, 2.05) is 0 Å². The Kier molecular flexibility index (Phi) is 3.19. The highest BCUT2D eigenvalue weighted by molar-refractivity contribution is 6.30. The Bertz CT molecular complexity index is 776. The van der Waals surface area contributed by atoms with Crippen LogP contribution in [0.5, 0.6) is 0 Å². The first kappa shape index (κ1) is 14.9. The number of alkyl halides is 3. The molecule has 3 nitrogen and oxygen atoms in total. The molecule has 1 aliphatic heterocycles. The minimum atomic E-state index is -4.53. The number of rotatable bonds is 1. The Labute approximate surface area is 128 Å². The second-order valence-electron chi connectivity index (χ2n) is 4.93. The number of hydrogen-bond donors (Lipinski definition) is 2. The van der Waals surface area contributed by atoms with Crippen molar-refractivity contribution < 1.29 is 23.1 Å². The SMILES string of the molecule is O=C1Nc2cc(C(F)(F)F)ccc2[C@@]1(O)c1cccc(Cl)c1. The number of benzene rings is 2. The van der Waals surface area contributed by atoms with E-state index in [1.165, 1.54) is 12.1 Å². The van der Waals surface area contributed by atoms with Gasteiger partial charge in [-0.3, -0.25) is 4.79 Å². The van der Waals surface area contributed by atoms with Gasteiger partial charge in [0, 0.05) is 16.3 Å². The second-order valence-corrected chi connectivity index (χ2v) is 5.37. The summed E-state index contributed by atoms with van der Waals surface area (Å²) in [6.45, 7) is 0. The van der Waals surface area contributed by atoms with Gasteiger partial charge in [0.2, 0.25) is 0 Å². The minimum absolute atomic E-state index is 0.0627. The lowest BCUT2D eigenvalue weighted by Gasteiger charge is -2.21. The van der Waals surface area contributed by atoms with Crippen molar-refractivity contribution in [1.82, 2.24) is 0 Å². The molecule has 0 saturated heterocycles. The molecule has 1 amide bonds. The number of hydrogen-bond acceptors (Lipinski definition) is 2. The van der Waals surface area contributed by atoms with E-state index < -0.39 is 23.2 Å². The van der Waals surface area contributed by atoms with Gasteiger partial charge in [0.25, 0.3) is 5.91 Å². The number of nitrogens with one attached hydrogen (secondary N) is 1. The lowest BCUT2D eigenvalue weighted by molar-refractivity contribution is -0.137. The molecule has 2 aromatic carbocycles. The summed E-state index contributed by atoms with van der Waals surface area (Å²) < 4.78 is 38.2. The molecule has 1 atom stereocenters. The summed E-state index contributed by atoms with van der Waals surface area (Å²) in [6, 6.07) is 8.72. The molecule has 2 N–H and O–H groups in total. The molecule has 0 unspecified atom stereocenters. The molecule has 0 radical (unpaired) electrons. The van der Waals surface area contributed by atoms with Gasteiger partial charge in [-0.1, -0.05) is 29.8 Å². The van der Waals surface area contributed by atoms with Gasteiger partial charge in [-0.2, -0.15) is 13.2 Å². The van der Waals surface area contributed by atoms with Crippen molar-refractivity contribution in [2.24, 2.45) is 0 Å². The zero-order valence-corrected chi connectivity index (χ0v) is 11.7. The Morgan fingerprint density at radius 3 is 2.50 bits per heavy atom. The van der Waals surface area contributed by atoms with Crippen LogP contribution >= 0.6 is 11.6 Å². The van der Waals surface area contributed by atoms with E-state index >= 15 is 0 Å². The van der Waals surface area contributed by atoms with Crippen LogP contribution in [0.4, 0.5) is 18.9 Å². The highest BCUT2D eigenvalue weighted by Gasteiger charge is 2.47. The van der Waals surface area contributed by atoms with Crippen molar-refractivity contribution in [3.05, 3.63) is 64.2 Å². The fourth-order valence-corrected chi connectivity index (χ4v) is 2.66. The van der Waals surface area contributed by atoms with Crippen LogP contribution in [0.15, 0.2) is 42.5 Å². The third kappa shape index (κ3) is 2.15. The van der Waals surface area contributed by atoms with Crippen LogP contribution in [0.25, 0.3) is 0 Å². The first-order valence-electron chi connectivity index (χ1n) is 6.24. The van der Waals surface area contributed by atoms with Gasteiger partial charge in [-0.25, -0.2) is 0 Å². The number of anilines is 1. The van der Waals surface area contributed by atoms with Crippen LogP contribution in [-0.4, -0.2) is 11.0 Å². The molecule has 1 aliphatic rings. The van der Waals surface area contributed by atoms with Crippen LogP contribution in [0.1, 0.15) is 16.7 Å². The molecule has 0 spiro atoms. The minimum Gasteiger partial charge on any atom is -0.372 e. The predicted molar refractivity (Wildman–Crippen MR) is 74.5 cm³/mol. The summed E-state index contributed by atoms with van der Waals surface area (Å²) in [4.78, 5) is 12.1. The maximum atomic E-state index is 12.7. The number of aliphatic hydroxyl groups is 1. The normalized spacial score (nSPS) is 20.7. The van der Waals surface area contributed by atoms with Crippen molar-refractivity contribution >= 4 is 23.2 Å². The zero-order valence-electron chi connectivity index (χ0n) is 10.9. The monoisotopic (exact) mass is 327 g/mol. The molecule has 22 heavy (non-hydrogen) atoms. The lowest BCUT2D eigenvalue weighted by Crippen LogP contribution is -2.35. The van der Waals surface area contributed by atoms with Crippen molar-refractivity contribution in [2.75, 3.05) is 5.32 Å². The molecule has 7 heteroatoms. The van der Waals surface area contributed by atoms with E-state index in [2.05, 4.69) is 5.32 Å². The van der Waals surface area contributed by atoms with E-state index in [9.17, 15) is 23.1 Å². The van der Waals surface area contributed by atoms with Gasteiger partial charge in [0.05, 0.1) is 5.56 Å². The van der Waals surface area contributed by atoms with Gasteiger partial charge in [0.15, 0.2) is 5.60 Å². The largest absolute Gasteiger partial charge is 0.416 e. The fourth-order valence-electron chi connectivity index (χ4n) is 2.47. The molecule has 114 valence electrons. The first-order chi connectivity index (χ1) is 10.2. The second kappa shape index (κ2) is 4.72. The number of carbonyl (C=O) groups is 1.